The largest absolute Gasteiger partial charge is 0.489 e. The number of piperazine rings is 1. The summed E-state index contributed by atoms with van der Waals surface area (Å²) in [6.07, 6.45) is 4.43. The van der Waals surface area contributed by atoms with Gasteiger partial charge in [0.25, 0.3) is 17.7 Å². The number of amides is 5. The van der Waals surface area contributed by atoms with E-state index >= 15 is 8.78 Å². The molecule has 64 heavy (non-hydrogen) atoms. The third-order valence-electron chi connectivity index (χ3n) is 13.9. The molecule has 1 atom stereocenters. The van der Waals surface area contributed by atoms with Crippen LogP contribution in [0.25, 0.3) is 15.7 Å². The quantitative estimate of drug-likeness (QED) is 0.161. The molecule has 6 heterocycles. The molecule has 2 aromatic heterocycles. The molecule has 4 aromatic rings. The summed E-state index contributed by atoms with van der Waals surface area (Å²) in [7, 11) is 0. The number of aromatic nitrogens is 2. The molecule has 0 spiro atoms. The summed E-state index contributed by atoms with van der Waals surface area (Å²) in [6, 6.07) is 9.48. The van der Waals surface area contributed by atoms with E-state index in [1.54, 1.807) is 24.4 Å². The fourth-order valence-corrected chi connectivity index (χ4v) is 10.8. The van der Waals surface area contributed by atoms with E-state index in [0.29, 0.717) is 62.1 Å². The number of fused-ring (bicyclic) bond motifs is 2. The number of rotatable bonds is 9. The first-order valence-electron chi connectivity index (χ1n) is 21.7. The Hall–Kier alpha value is -6.54. The Morgan fingerprint density at radius 2 is 1.59 bits per heavy atom. The minimum absolute atomic E-state index is 0.00255. The second-order valence-corrected chi connectivity index (χ2v) is 18.7. The average Bonchev–Trinajstić information content (AvgIpc) is 3.51. The molecular weight excluding hydrogens is 825 g/mol. The average molecular weight is 874 g/mol. The molecule has 1 saturated carbocycles. The van der Waals surface area contributed by atoms with Crippen LogP contribution in [-0.2, 0) is 9.59 Å². The van der Waals surface area contributed by atoms with E-state index in [2.05, 4.69) is 30.3 Å². The summed E-state index contributed by atoms with van der Waals surface area (Å²) < 4.78 is 37.8. The Morgan fingerprint density at radius 1 is 0.891 bits per heavy atom. The van der Waals surface area contributed by atoms with E-state index in [1.807, 2.05) is 43.6 Å². The van der Waals surface area contributed by atoms with Crippen LogP contribution in [0.4, 0.5) is 26.0 Å². The molecule has 0 radical (unpaired) electrons. The zero-order valence-corrected chi connectivity index (χ0v) is 36.1. The van der Waals surface area contributed by atoms with Crippen molar-refractivity contribution >= 4 is 57.6 Å². The molecular formula is C47H49F2N9O6. The molecule has 3 saturated heterocycles. The topological polar surface area (TPSA) is 162 Å². The van der Waals surface area contributed by atoms with E-state index in [9.17, 15) is 24.0 Å². The van der Waals surface area contributed by atoms with Gasteiger partial charge in [-0.05, 0) is 61.6 Å². The molecule has 2 aromatic carbocycles. The summed E-state index contributed by atoms with van der Waals surface area (Å²) in [5.41, 5.74) is 0.332. The second-order valence-electron chi connectivity index (χ2n) is 18.7. The number of hydrogen-bond donors (Lipinski definition) is 2. The van der Waals surface area contributed by atoms with Crippen molar-refractivity contribution in [3.63, 3.8) is 0 Å². The van der Waals surface area contributed by atoms with Gasteiger partial charge in [-0.3, -0.25) is 44.1 Å². The monoisotopic (exact) mass is 873 g/mol. The Morgan fingerprint density at radius 3 is 2.27 bits per heavy atom. The van der Waals surface area contributed by atoms with Crippen LogP contribution in [0.2, 0.25) is 0 Å². The normalized spacial score (nSPS) is 23.4. The molecule has 17 heteroatoms. The summed E-state index contributed by atoms with van der Waals surface area (Å²) >= 11 is 0. The number of anilines is 2. The van der Waals surface area contributed by atoms with E-state index in [1.165, 1.54) is 18.3 Å². The van der Waals surface area contributed by atoms with Crippen LogP contribution in [0.5, 0.6) is 5.75 Å². The summed E-state index contributed by atoms with van der Waals surface area (Å²) in [6.45, 7) is 20.0. The summed E-state index contributed by atoms with van der Waals surface area (Å²) in [5.74, 6) is -3.04. The van der Waals surface area contributed by atoms with Gasteiger partial charge in [-0.1, -0.05) is 33.8 Å². The maximum absolute atomic E-state index is 15.7. The minimum atomic E-state index is -1.12. The molecule has 5 amide bonds. The summed E-state index contributed by atoms with van der Waals surface area (Å²) in [5, 5.41) is 6.05. The molecule has 5 aliphatic rings. The van der Waals surface area contributed by atoms with Gasteiger partial charge in [-0.25, -0.2) is 18.6 Å². The number of pyridine rings is 2. The van der Waals surface area contributed by atoms with Gasteiger partial charge < -0.3 is 19.9 Å². The van der Waals surface area contributed by atoms with Crippen molar-refractivity contribution in [2.24, 2.45) is 16.7 Å². The number of imide groups is 2. The third kappa shape index (κ3) is 7.36. The number of halogens is 2. The van der Waals surface area contributed by atoms with Gasteiger partial charge >= 0.3 is 0 Å². The van der Waals surface area contributed by atoms with Crippen molar-refractivity contribution in [3.8, 4) is 5.75 Å². The molecule has 4 fully saturated rings. The number of piperidine rings is 2. The van der Waals surface area contributed by atoms with Crippen molar-refractivity contribution in [1.82, 2.24) is 30.4 Å². The smallest absolute Gasteiger partial charge is 0.262 e. The van der Waals surface area contributed by atoms with Crippen LogP contribution in [0, 0.1) is 35.0 Å². The lowest BCUT2D eigenvalue weighted by molar-refractivity contribution is -0.163. The van der Waals surface area contributed by atoms with Crippen LogP contribution in [0.1, 0.15) is 84.5 Å². The fraction of sp³-hybridized carbons (Fsp3) is 0.447. The lowest BCUT2D eigenvalue weighted by Crippen LogP contribution is -2.74. The number of hydrogen-bond acceptors (Lipinski definition) is 11. The van der Waals surface area contributed by atoms with Crippen molar-refractivity contribution in [3.05, 3.63) is 94.6 Å². The minimum Gasteiger partial charge on any atom is -0.489 e. The van der Waals surface area contributed by atoms with Gasteiger partial charge in [0.1, 0.15) is 23.7 Å². The lowest BCUT2D eigenvalue weighted by atomic mass is 9.49. The molecule has 332 valence electrons. The van der Waals surface area contributed by atoms with Crippen molar-refractivity contribution in [2.45, 2.75) is 71.6 Å². The molecule has 9 rings (SSSR count). The number of benzene rings is 2. The first-order chi connectivity index (χ1) is 30.6. The first kappa shape index (κ1) is 42.7. The zero-order valence-electron chi connectivity index (χ0n) is 36.1. The Labute approximate surface area is 368 Å². The lowest BCUT2D eigenvalue weighted by Gasteiger charge is -2.63. The highest BCUT2D eigenvalue weighted by atomic mass is 19.1. The Kier molecular flexibility index (Phi) is 10.8. The highest BCUT2D eigenvalue weighted by molar-refractivity contribution is 6.23. The van der Waals surface area contributed by atoms with Gasteiger partial charge in [0.15, 0.2) is 11.6 Å². The predicted octanol–water partition coefficient (Wildman–Crippen LogP) is 5.51. The van der Waals surface area contributed by atoms with Crippen LogP contribution >= 0.6 is 0 Å². The Balaban J connectivity index is 0.761. The SMILES string of the molecule is [C-]#[N+]c1ccc(OC2C(C)(C)C(NC(=O)c3cnc(N4CCC(CN5CCN(c6cc7c(cc6F)C(=O)N(C6CCC(=O)NC6=O)C7=O)CC5)CC4)c(F)c3)C2(C)C)c2cccnc12. The maximum atomic E-state index is 15.7. The first-order valence-corrected chi connectivity index (χ1v) is 21.7. The number of ether oxygens (including phenoxy) is 1. The highest BCUT2D eigenvalue weighted by Gasteiger charge is 2.64. The fourth-order valence-electron chi connectivity index (χ4n) is 10.8. The van der Waals surface area contributed by atoms with Crippen LogP contribution in [0.3, 0.4) is 0 Å². The van der Waals surface area contributed by atoms with Crippen molar-refractivity contribution in [2.75, 3.05) is 55.6 Å². The van der Waals surface area contributed by atoms with E-state index in [-0.39, 0.29) is 53.2 Å². The number of nitrogens with one attached hydrogen (secondary N) is 2. The van der Waals surface area contributed by atoms with Crippen LogP contribution in [0.15, 0.2) is 54.9 Å². The van der Waals surface area contributed by atoms with Gasteiger partial charge in [0, 0.05) is 86.9 Å². The van der Waals surface area contributed by atoms with Gasteiger partial charge in [0.05, 0.1) is 34.5 Å². The van der Waals surface area contributed by atoms with Gasteiger partial charge in [0.2, 0.25) is 17.5 Å². The van der Waals surface area contributed by atoms with Gasteiger partial charge in [-0.15, -0.1) is 0 Å². The maximum Gasteiger partial charge on any atom is 0.262 e. The molecule has 1 unspecified atom stereocenters. The van der Waals surface area contributed by atoms with Crippen molar-refractivity contribution in [1.29, 1.82) is 0 Å². The summed E-state index contributed by atoms with van der Waals surface area (Å²) in [4.78, 5) is 83.5. The second kappa shape index (κ2) is 16.2. The third-order valence-corrected chi connectivity index (χ3v) is 13.9. The predicted molar refractivity (Wildman–Crippen MR) is 232 cm³/mol. The molecule has 0 bridgehead atoms. The van der Waals surface area contributed by atoms with E-state index in [4.69, 9.17) is 11.3 Å². The number of nitrogens with zero attached hydrogens (tertiary/aromatic N) is 7. The van der Waals surface area contributed by atoms with Crippen molar-refractivity contribution < 1.29 is 37.5 Å². The Bertz CT molecular complexity index is 2630. The molecule has 4 aliphatic heterocycles. The zero-order chi connectivity index (χ0) is 45.2. The number of carbonyl (C=O) groups is 5. The van der Waals surface area contributed by atoms with Gasteiger partial charge in [-0.2, -0.15) is 0 Å². The van der Waals surface area contributed by atoms with E-state index < -0.39 is 58.0 Å². The highest BCUT2D eigenvalue weighted by Crippen LogP contribution is 2.56. The van der Waals surface area contributed by atoms with E-state index in [0.717, 1.165) is 35.7 Å². The van der Waals surface area contributed by atoms with Crippen LogP contribution in [-0.4, -0.2) is 113 Å². The molecule has 15 nitrogen and oxygen atoms in total. The standard InChI is InChI=1S/C47H49F2N9O6/c1-46(2)44(47(3,4)45(46)64-36-10-8-33(50-5)38-28(36)7-6-14-51-38)54-40(60)27-21-32(49)39(52-24-27)57-15-12-26(13-16-57)25-55-17-19-56(20-18-55)35-23-30-29(22-31(35)48)42(62)58(43(30)63)34-9-11-37(59)53-41(34)61/h6-8,10,14,21-24,26,34,44-45H,9,11-13,15-20,25H2,1-4H3,(H,54,60)(H,53,59,61). The molecule has 1 aliphatic carbocycles. The van der Waals surface area contributed by atoms with Crippen LogP contribution < -0.4 is 25.2 Å². The number of carbonyl (C=O) groups excluding carboxylic acids is 5. The molecule has 2 N–H and O–H groups in total.